The molecule has 0 saturated heterocycles. The highest BCUT2D eigenvalue weighted by Crippen LogP contribution is 2.24. The van der Waals surface area contributed by atoms with Gasteiger partial charge < -0.3 is 10.1 Å². The lowest BCUT2D eigenvalue weighted by Crippen LogP contribution is -2.17. The Balaban J connectivity index is 1.94. The number of halogens is 3. The van der Waals surface area contributed by atoms with Crippen LogP contribution in [-0.4, -0.2) is 16.6 Å². The summed E-state index contributed by atoms with van der Waals surface area (Å²) in [4.78, 5) is 0. The summed E-state index contributed by atoms with van der Waals surface area (Å²) in [6.45, 7) is 2.44. The molecule has 4 nitrogen and oxygen atoms in total. The number of nitrogens with one attached hydrogen (secondary N) is 2. The van der Waals surface area contributed by atoms with E-state index in [0.29, 0.717) is 12.2 Å². The van der Waals surface area contributed by atoms with E-state index in [4.69, 9.17) is 0 Å². The van der Waals surface area contributed by atoms with E-state index in [9.17, 15) is 13.2 Å². The topological polar surface area (TPSA) is 49.9 Å². The normalized spacial score (nSPS) is 11.4. The molecule has 102 valence electrons. The minimum atomic E-state index is -4.66. The van der Waals surface area contributed by atoms with Gasteiger partial charge in [0.15, 0.2) is 0 Å². The van der Waals surface area contributed by atoms with Gasteiger partial charge in [0.1, 0.15) is 5.75 Å². The molecule has 0 amide bonds. The fourth-order valence-corrected chi connectivity index (χ4v) is 1.53. The van der Waals surface area contributed by atoms with Crippen LogP contribution >= 0.6 is 0 Å². The average Bonchev–Trinajstić information content (AvgIpc) is 2.72. The van der Waals surface area contributed by atoms with Crippen LogP contribution in [0.15, 0.2) is 30.5 Å². The molecule has 0 fully saturated rings. The largest absolute Gasteiger partial charge is 0.573 e. The molecule has 0 atom stereocenters. The maximum atomic E-state index is 12.0. The van der Waals surface area contributed by atoms with Gasteiger partial charge in [0, 0.05) is 23.5 Å². The van der Waals surface area contributed by atoms with Gasteiger partial charge in [-0.2, -0.15) is 5.10 Å². The van der Waals surface area contributed by atoms with Crippen molar-refractivity contribution in [3.8, 4) is 5.75 Å². The second-order valence-electron chi connectivity index (χ2n) is 3.95. The van der Waals surface area contributed by atoms with Gasteiger partial charge in [0.2, 0.25) is 0 Å². The van der Waals surface area contributed by atoms with Crippen molar-refractivity contribution < 1.29 is 17.9 Å². The van der Waals surface area contributed by atoms with Crippen LogP contribution in [0.3, 0.4) is 0 Å². The number of hydrogen-bond acceptors (Lipinski definition) is 3. The Kier molecular flexibility index (Phi) is 3.64. The zero-order chi connectivity index (χ0) is 13.9. The molecule has 0 spiro atoms. The maximum absolute atomic E-state index is 12.0. The number of rotatable bonds is 4. The summed E-state index contributed by atoms with van der Waals surface area (Å²) in [5.74, 6) is -0.238. The predicted molar refractivity (Wildman–Crippen MR) is 63.8 cm³/mol. The Morgan fingerprint density at radius 3 is 2.47 bits per heavy atom. The molecule has 2 aromatic rings. The third-order valence-electron chi connectivity index (χ3n) is 2.51. The highest BCUT2D eigenvalue weighted by Gasteiger charge is 2.30. The van der Waals surface area contributed by atoms with Crippen molar-refractivity contribution in [3.63, 3.8) is 0 Å². The summed E-state index contributed by atoms with van der Waals surface area (Å²) in [7, 11) is 0. The van der Waals surface area contributed by atoms with E-state index in [-0.39, 0.29) is 5.75 Å². The highest BCUT2D eigenvalue weighted by molar-refractivity contribution is 5.46. The molecule has 1 aromatic carbocycles. The van der Waals surface area contributed by atoms with Crippen LogP contribution in [-0.2, 0) is 6.54 Å². The van der Waals surface area contributed by atoms with Crippen molar-refractivity contribution in [2.24, 2.45) is 0 Å². The number of alkyl halides is 3. The smallest absolute Gasteiger partial charge is 0.406 e. The second kappa shape index (κ2) is 5.21. The van der Waals surface area contributed by atoms with E-state index in [1.54, 1.807) is 6.20 Å². The number of aryl methyl sites for hydroxylation is 1. The van der Waals surface area contributed by atoms with Crippen molar-refractivity contribution in [3.05, 3.63) is 41.7 Å². The van der Waals surface area contributed by atoms with Crippen molar-refractivity contribution in [1.82, 2.24) is 10.2 Å². The minimum absolute atomic E-state index is 0.238. The third-order valence-corrected chi connectivity index (χ3v) is 2.51. The molecule has 0 aliphatic carbocycles. The van der Waals surface area contributed by atoms with Crippen LogP contribution in [0.1, 0.15) is 11.3 Å². The first-order chi connectivity index (χ1) is 8.94. The van der Waals surface area contributed by atoms with E-state index in [1.165, 1.54) is 24.3 Å². The summed E-state index contributed by atoms with van der Waals surface area (Å²) in [6, 6.07) is 5.57. The van der Waals surface area contributed by atoms with Gasteiger partial charge in [-0.15, -0.1) is 13.2 Å². The molecule has 2 rings (SSSR count). The Labute approximate surface area is 107 Å². The molecule has 1 heterocycles. The number of anilines is 1. The van der Waals surface area contributed by atoms with Gasteiger partial charge >= 0.3 is 6.36 Å². The zero-order valence-corrected chi connectivity index (χ0v) is 10.1. The molecule has 19 heavy (non-hydrogen) atoms. The number of aromatic amines is 1. The number of hydrogen-bond donors (Lipinski definition) is 2. The van der Waals surface area contributed by atoms with E-state index in [2.05, 4.69) is 20.3 Å². The van der Waals surface area contributed by atoms with Crippen LogP contribution in [0, 0.1) is 6.92 Å². The molecule has 7 heteroatoms. The maximum Gasteiger partial charge on any atom is 0.573 e. The van der Waals surface area contributed by atoms with Gasteiger partial charge in [-0.1, -0.05) is 0 Å². The summed E-state index contributed by atoms with van der Waals surface area (Å²) >= 11 is 0. The van der Waals surface area contributed by atoms with Crippen LogP contribution in [0.5, 0.6) is 5.75 Å². The van der Waals surface area contributed by atoms with E-state index < -0.39 is 6.36 Å². The first-order valence-electron chi connectivity index (χ1n) is 5.52. The Bertz CT molecular complexity index is 534. The van der Waals surface area contributed by atoms with Crippen LogP contribution in [0.25, 0.3) is 0 Å². The number of benzene rings is 1. The SMILES string of the molecule is Cc1[nH]ncc1CNc1ccc(OC(F)(F)F)cc1. The van der Waals surface area contributed by atoms with Gasteiger partial charge in [0.05, 0.1) is 6.20 Å². The molecule has 0 aliphatic heterocycles. The quantitative estimate of drug-likeness (QED) is 0.897. The lowest BCUT2D eigenvalue weighted by Gasteiger charge is -2.10. The van der Waals surface area contributed by atoms with Crippen molar-refractivity contribution >= 4 is 5.69 Å². The van der Waals surface area contributed by atoms with Crippen LogP contribution in [0.4, 0.5) is 18.9 Å². The summed E-state index contributed by atoms with van der Waals surface area (Å²) in [6.07, 6.45) is -2.97. The van der Waals surface area contributed by atoms with E-state index in [0.717, 1.165) is 11.3 Å². The van der Waals surface area contributed by atoms with Gasteiger partial charge in [-0.3, -0.25) is 5.10 Å². The molecule has 2 N–H and O–H groups in total. The number of nitrogens with zero attached hydrogens (tertiary/aromatic N) is 1. The molecule has 0 radical (unpaired) electrons. The highest BCUT2D eigenvalue weighted by atomic mass is 19.4. The Morgan fingerprint density at radius 1 is 1.26 bits per heavy atom. The number of H-pyrrole nitrogens is 1. The number of aromatic nitrogens is 2. The lowest BCUT2D eigenvalue weighted by molar-refractivity contribution is -0.274. The Hall–Kier alpha value is -2.18. The first-order valence-corrected chi connectivity index (χ1v) is 5.52. The van der Waals surface area contributed by atoms with Gasteiger partial charge in [0.25, 0.3) is 0 Å². The van der Waals surface area contributed by atoms with Crippen LogP contribution < -0.4 is 10.1 Å². The zero-order valence-electron chi connectivity index (χ0n) is 10.1. The molecule has 1 aromatic heterocycles. The van der Waals surface area contributed by atoms with Gasteiger partial charge in [-0.25, -0.2) is 0 Å². The second-order valence-corrected chi connectivity index (χ2v) is 3.95. The third kappa shape index (κ3) is 3.90. The van der Waals surface area contributed by atoms with Gasteiger partial charge in [-0.05, 0) is 31.2 Å². The van der Waals surface area contributed by atoms with Crippen LogP contribution in [0.2, 0.25) is 0 Å². The van der Waals surface area contributed by atoms with E-state index >= 15 is 0 Å². The predicted octanol–water partition coefficient (Wildman–Crippen LogP) is 3.23. The standard InChI is InChI=1S/C12H12F3N3O/c1-8-9(7-17-18-8)6-16-10-2-4-11(5-3-10)19-12(13,14)15/h2-5,7,16H,6H2,1H3,(H,17,18). The molecular formula is C12H12F3N3O. The summed E-state index contributed by atoms with van der Waals surface area (Å²) < 4.78 is 39.7. The fourth-order valence-electron chi connectivity index (χ4n) is 1.53. The van der Waals surface area contributed by atoms with Crippen molar-refractivity contribution in [2.75, 3.05) is 5.32 Å². The molecule has 0 unspecified atom stereocenters. The van der Waals surface area contributed by atoms with Crippen molar-refractivity contribution in [1.29, 1.82) is 0 Å². The molecule has 0 bridgehead atoms. The lowest BCUT2D eigenvalue weighted by atomic mass is 10.2. The first kappa shape index (κ1) is 13.3. The monoisotopic (exact) mass is 271 g/mol. The summed E-state index contributed by atoms with van der Waals surface area (Å²) in [5.41, 5.74) is 2.65. The average molecular weight is 271 g/mol. The molecular weight excluding hydrogens is 259 g/mol. The van der Waals surface area contributed by atoms with E-state index in [1.807, 2.05) is 6.92 Å². The minimum Gasteiger partial charge on any atom is -0.406 e. The summed E-state index contributed by atoms with van der Waals surface area (Å²) in [5, 5.41) is 9.76. The number of ether oxygens (including phenoxy) is 1. The molecule has 0 aliphatic rings. The molecule has 0 saturated carbocycles. The van der Waals surface area contributed by atoms with Crippen molar-refractivity contribution in [2.45, 2.75) is 19.8 Å². The Morgan fingerprint density at radius 2 is 1.95 bits per heavy atom. The fraction of sp³-hybridized carbons (Fsp3) is 0.250.